The van der Waals surface area contributed by atoms with Crippen LogP contribution in [0, 0.1) is 0 Å². The number of urea groups is 1. The van der Waals surface area contributed by atoms with Crippen molar-refractivity contribution in [1.29, 1.82) is 0 Å². The van der Waals surface area contributed by atoms with Crippen LogP contribution >= 0.6 is 0 Å². The Labute approximate surface area is 152 Å². The maximum atomic E-state index is 12.1. The molecule has 0 radical (unpaired) electrons. The number of amides is 3. The maximum Gasteiger partial charge on any atom is 0.319 e. The molecule has 138 valence electrons. The Hall–Kier alpha value is -2.90. The number of nitrogens with one attached hydrogen (secondary N) is 2. The van der Waals surface area contributed by atoms with E-state index in [1.54, 1.807) is 18.5 Å². The first kappa shape index (κ1) is 17.9. The highest BCUT2D eigenvalue weighted by Crippen LogP contribution is 2.27. The topological polar surface area (TPSA) is 92.2 Å². The first-order valence-corrected chi connectivity index (χ1v) is 8.92. The van der Waals surface area contributed by atoms with Crippen molar-refractivity contribution in [3.63, 3.8) is 0 Å². The van der Waals surface area contributed by atoms with Crippen molar-refractivity contribution in [2.75, 3.05) is 10.2 Å². The van der Waals surface area contributed by atoms with Gasteiger partial charge in [-0.3, -0.25) is 4.79 Å². The van der Waals surface area contributed by atoms with Crippen LogP contribution in [0.15, 0.2) is 30.6 Å². The summed E-state index contributed by atoms with van der Waals surface area (Å²) >= 11 is 0. The van der Waals surface area contributed by atoms with Crippen LogP contribution in [0.2, 0.25) is 0 Å². The van der Waals surface area contributed by atoms with E-state index in [1.165, 1.54) is 0 Å². The number of benzene rings is 1. The Morgan fingerprint density at radius 3 is 2.73 bits per heavy atom. The van der Waals surface area contributed by atoms with Gasteiger partial charge in [-0.1, -0.05) is 6.92 Å². The van der Waals surface area contributed by atoms with Crippen LogP contribution in [0.3, 0.4) is 0 Å². The molecule has 8 nitrogen and oxygen atoms in total. The molecule has 1 fully saturated rings. The summed E-state index contributed by atoms with van der Waals surface area (Å²) in [5.74, 6) is 0.867. The summed E-state index contributed by atoms with van der Waals surface area (Å²) in [4.78, 5) is 25.8. The molecular formula is C18H24N6O2. The van der Waals surface area contributed by atoms with E-state index >= 15 is 0 Å². The molecule has 1 aliphatic heterocycles. The molecule has 1 aromatic heterocycles. The van der Waals surface area contributed by atoms with E-state index in [0.717, 1.165) is 30.9 Å². The molecule has 2 aromatic rings. The lowest BCUT2D eigenvalue weighted by molar-refractivity contribution is -0.117. The molecule has 1 saturated heterocycles. The first-order valence-electron chi connectivity index (χ1n) is 8.92. The van der Waals surface area contributed by atoms with Crippen molar-refractivity contribution >= 4 is 23.3 Å². The Kier molecular flexibility index (Phi) is 5.50. The zero-order valence-electron chi connectivity index (χ0n) is 15.1. The molecule has 0 spiro atoms. The largest absolute Gasteiger partial charge is 0.331 e. The number of hydrogen-bond donors (Lipinski definition) is 2. The van der Waals surface area contributed by atoms with Crippen molar-refractivity contribution in [1.82, 2.24) is 20.1 Å². The molecule has 0 saturated carbocycles. The number of nitrogens with zero attached hydrogens (tertiary/aromatic N) is 4. The summed E-state index contributed by atoms with van der Waals surface area (Å²) in [5, 5.41) is 13.5. The summed E-state index contributed by atoms with van der Waals surface area (Å²) in [6, 6.07) is 7.21. The highest BCUT2D eigenvalue weighted by Gasteiger charge is 2.28. The van der Waals surface area contributed by atoms with Gasteiger partial charge in [-0.2, -0.15) is 0 Å². The van der Waals surface area contributed by atoms with E-state index in [4.69, 9.17) is 0 Å². The van der Waals surface area contributed by atoms with Crippen LogP contribution in [-0.2, 0) is 17.9 Å². The Morgan fingerprint density at radius 1 is 1.31 bits per heavy atom. The molecule has 1 aliphatic rings. The number of carbonyl (C=O) groups excluding carboxylic acids is 2. The summed E-state index contributed by atoms with van der Waals surface area (Å²) in [6.07, 6.45) is 4.11. The highest BCUT2D eigenvalue weighted by molar-refractivity contribution is 5.96. The Bertz CT molecular complexity index is 770. The number of rotatable bonds is 6. The Morgan fingerprint density at radius 2 is 2.08 bits per heavy atom. The van der Waals surface area contributed by atoms with E-state index in [0.29, 0.717) is 18.7 Å². The van der Waals surface area contributed by atoms with Crippen molar-refractivity contribution in [3.8, 4) is 0 Å². The first-order chi connectivity index (χ1) is 12.6. The predicted molar refractivity (Wildman–Crippen MR) is 98.8 cm³/mol. The number of anilines is 2. The minimum Gasteiger partial charge on any atom is -0.331 e. The molecule has 2 N–H and O–H groups in total. The summed E-state index contributed by atoms with van der Waals surface area (Å²) in [5.41, 5.74) is 1.53. The average molecular weight is 356 g/mol. The van der Waals surface area contributed by atoms with Crippen LogP contribution in [-0.4, -0.2) is 32.7 Å². The van der Waals surface area contributed by atoms with Gasteiger partial charge >= 0.3 is 6.03 Å². The van der Waals surface area contributed by atoms with Gasteiger partial charge in [-0.25, -0.2) is 4.79 Å². The Balaban J connectivity index is 1.54. The standard InChI is InChI=1S/C18H24N6O2/c1-3-10-23-12-20-22-16(23)11-19-18(26)21-14-5-7-15(8-6-14)24-13(2)4-9-17(24)25/h5-8,12-13H,3-4,9-11H2,1-2H3,(H2,19,21,26). The summed E-state index contributed by atoms with van der Waals surface area (Å²) in [7, 11) is 0. The van der Waals surface area contributed by atoms with Gasteiger partial charge in [0.05, 0.1) is 6.54 Å². The van der Waals surface area contributed by atoms with Gasteiger partial charge in [0.15, 0.2) is 5.82 Å². The minimum atomic E-state index is -0.311. The lowest BCUT2D eigenvalue weighted by Crippen LogP contribution is -2.31. The molecule has 26 heavy (non-hydrogen) atoms. The molecule has 1 atom stereocenters. The quantitative estimate of drug-likeness (QED) is 0.832. The number of aromatic nitrogens is 3. The summed E-state index contributed by atoms with van der Waals surface area (Å²) < 4.78 is 1.92. The molecule has 3 rings (SSSR count). The predicted octanol–water partition coefficient (Wildman–Crippen LogP) is 2.53. The lowest BCUT2D eigenvalue weighted by Gasteiger charge is -2.22. The van der Waals surface area contributed by atoms with Crippen LogP contribution in [0.4, 0.5) is 16.2 Å². The molecule has 0 aliphatic carbocycles. The van der Waals surface area contributed by atoms with Gasteiger partial charge in [0.25, 0.3) is 0 Å². The zero-order valence-corrected chi connectivity index (χ0v) is 15.1. The third-order valence-corrected chi connectivity index (χ3v) is 4.46. The monoisotopic (exact) mass is 356 g/mol. The smallest absolute Gasteiger partial charge is 0.319 e. The third-order valence-electron chi connectivity index (χ3n) is 4.46. The van der Waals surface area contributed by atoms with Crippen molar-refractivity contribution < 1.29 is 9.59 Å². The lowest BCUT2D eigenvalue weighted by atomic mass is 10.2. The van der Waals surface area contributed by atoms with Crippen LogP contribution in [0.1, 0.15) is 38.9 Å². The number of hydrogen-bond acceptors (Lipinski definition) is 4. The van der Waals surface area contributed by atoms with Gasteiger partial charge in [0.2, 0.25) is 5.91 Å². The van der Waals surface area contributed by atoms with Crippen LogP contribution in [0.5, 0.6) is 0 Å². The molecule has 0 bridgehead atoms. The second-order valence-electron chi connectivity index (χ2n) is 6.45. The van der Waals surface area contributed by atoms with Crippen LogP contribution in [0.25, 0.3) is 0 Å². The van der Waals surface area contributed by atoms with Crippen LogP contribution < -0.4 is 15.5 Å². The summed E-state index contributed by atoms with van der Waals surface area (Å²) in [6.45, 7) is 5.25. The van der Waals surface area contributed by atoms with Gasteiger partial charge in [0.1, 0.15) is 6.33 Å². The molecule has 8 heteroatoms. The fourth-order valence-electron chi connectivity index (χ4n) is 3.11. The van der Waals surface area contributed by atoms with Crippen molar-refractivity contribution in [2.45, 2.75) is 52.2 Å². The minimum absolute atomic E-state index is 0.146. The van der Waals surface area contributed by atoms with E-state index in [9.17, 15) is 9.59 Å². The normalized spacial score (nSPS) is 16.8. The van der Waals surface area contributed by atoms with E-state index < -0.39 is 0 Å². The molecule has 3 amide bonds. The zero-order chi connectivity index (χ0) is 18.5. The second-order valence-corrected chi connectivity index (χ2v) is 6.45. The highest BCUT2D eigenvalue weighted by atomic mass is 16.2. The molecular weight excluding hydrogens is 332 g/mol. The van der Waals surface area contributed by atoms with Gasteiger partial charge in [-0.15, -0.1) is 10.2 Å². The van der Waals surface area contributed by atoms with Crippen molar-refractivity contribution in [2.24, 2.45) is 0 Å². The van der Waals surface area contributed by atoms with E-state index in [-0.39, 0.29) is 18.0 Å². The second kappa shape index (κ2) is 7.99. The van der Waals surface area contributed by atoms with Gasteiger partial charge < -0.3 is 20.1 Å². The SMILES string of the molecule is CCCn1cnnc1CNC(=O)Nc1ccc(N2C(=O)CCC2C)cc1. The number of carbonyl (C=O) groups is 2. The van der Waals surface area contributed by atoms with E-state index in [2.05, 4.69) is 27.8 Å². The van der Waals surface area contributed by atoms with E-state index in [1.807, 2.05) is 28.5 Å². The fourth-order valence-corrected chi connectivity index (χ4v) is 3.11. The fraction of sp³-hybridized carbons (Fsp3) is 0.444. The molecule has 1 unspecified atom stereocenters. The molecule has 1 aromatic carbocycles. The molecule has 2 heterocycles. The van der Waals surface area contributed by atoms with Gasteiger partial charge in [0, 0.05) is 30.4 Å². The van der Waals surface area contributed by atoms with Gasteiger partial charge in [-0.05, 0) is 44.0 Å². The third kappa shape index (κ3) is 4.01. The maximum absolute atomic E-state index is 12.1. The van der Waals surface area contributed by atoms with Crippen molar-refractivity contribution in [3.05, 3.63) is 36.4 Å². The average Bonchev–Trinajstić information content (AvgIpc) is 3.21. The number of aryl methyl sites for hydroxylation is 1.